The Bertz CT molecular complexity index is 1240. The van der Waals surface area contributed by atoms with Crippen molar-refractivity contribution in [3.8, 4) is 5.75 Å². The second kappa shape index (κ2) is 10.7. The second-order valence-electron chi connectivity index (χ2n) is 9.95. The van der Waals surface area contributed by atoms with Gasteiger partial charge in [0.05, 0.1) is 49.1 Å². The highest BCUT2D eigenvalue weighted by Gasteiger charge is 2.54. The number of nitrogens with zero attached hydrogens (tertiary/aromatic N) is 2. The van der Waals surface area contributed by atoms with E-state index in [1.807, 2.05) is 42.5 Å². The molecule has 0 spiro atoms. The number of aliphatic imine (C=N–C) groups is 1. The van der Waals surface area contributed by atoms with Crippen molar-refractivity contribution in [2.75, 3.05) is 27.3 Å². The lowest BCUT2D eigenvalue weighted by atomic mass is 9.70. The Morgan fingerprint density at radius 3 is 2.78 bits per heavy atom. The van der Waals surface area contributed by atoms with Crippen LogP contribution in [0.1, 0.15) is 37.3 Å². The van der Waals surface area contributed by atoms with Crippen molar-refractivity contribution in [1.29, 1.82) is 0 Å². The van der Waals surface area contributed by atoms with E-state index in [2.05, 4.69) is 34.4 Å². The number of ether oxygens (including phenoxy) is 3. The molecule has 0 aliphatic carbocycles. The van der Waals surface area contributed by atoms with Crippen LogP contribution in [-0.4, -0.2) is 55.0 Å². The molecule has 2 fully saturated rings. The molecule has 0 radical (unpaired) electrons. The molecule has 2 aromatic rings. The van der Waals surface area contributed by atoms with Gasteiger partial charge in [0.2, 0.25) is 0 Å². The van der Waals surface area contributed by atoms with E-state index in [1.54, 1.807) is 13.4 Å². The van der Waals surface area contributed by atoms with Gasteiger partial charge < -0.3 is 19.3 Å². The number of piperidine rings is 2. The number of fused-ring (bicyclic) bond motifs is 5. The number of halogens is 1. The standard InChI is InChI=1S/C29H33IN2O5/c1-4-18-15-32-13-12-29(34)26-23(10-7-11-25(26)35-2)31-27(29)24(32)14-20(18)21(28(33)36-3)17-37-16-19-8-5-6-9-22(19)30/h5-11,17-18,20,24,34H,4,12-16H2,1-3H3/b21-17+/t18-,20+,24+,29+/m1/s1. The zero-order chi connectivity index (χ0) is 26.2. The predicted octanol–water partition coefficient (Wildman–Crippen LogP) is 4.97. The molecule has 0 bridgehead atoms. The van der Waals surface area contributed by atoms with Crippen LogP contribution in [0.4, 0.5) is 5.69 Å². The number of esters is 1. The number of aliphatic hydroxyl groups is 1. The lowest BCUT2D eigenvalue weighted by Crippen LogP contribution is -2.60. The molecule has 8 heteroatoms. The van der Waals surface area contributed by atoms with E-state index >= 15 is 0 Å². The molecule has 0 aromatic heterocycles. The molecule has 3 aliphatic rings. The first-order chi connectivity index (χ1) is 17.9. The lowest BCUT2D eigenvalue weighted by molar-refractivity contribution is -0.137. The van der Waals surface area contributed by atoms with Crippen molar-refractivity contribution in [3.05, 3.63) is 69.0 Å². The first-order valence-electron chi connectivity index (χ1n) is 12.8. The van der Waals surface area contributed by atoms with Gasteiger partial charge in [-0.3, -0.25) is 9.89 Å². The first kappa shape index (κ1) is 26.2. The number of carbonyl (C=O) groups excluding carboxylic acids is 1. The molecule has 0 amide bonds. The van der Waals surface area contributed by atoms with Crippen molar-refractivity contribution in [2.24, 2.45) is 16.8 Å². The van der Waals surface area contributed by atoms with Crippen LogP contribution in [0.3, 0.4) is 0 Å². The topological polar surface area (TPSA) is 80.6 Å². The summed E-state index contributed by atoms with van der Waals surface area (Å²) in [5.74, 6) is 0.463. The normalized spacial score (nSPS) is 27.0. The third-order valence-electron chi connectivity index (χ3n) is 8.09. The molecule has 0 unspecified atom stereocenters. The van der Waals surface area contributed by atoms with E-state index in [-0.39, 0.29) is 23.8 Å². The molecule has 2 aromatic carbocycles. The van der Waals surface area contributed by atoms with Gasteiger partial charge >= 0.3 is 5.97 Å². The molecular formula is C29H33IN2O5. The molecule has 3 heterocycles. The van der Waals surface area contributed by atoms with Crippen LogP contribution < -0.4 is 4.74 Å². The fourth-order valence-electron chi connectivity index (χ4n) is 6.16. The largest absolute Gasteiger partial charge is 0.496 e. The number of hydrogen-bond acceptors (Lipinski definition) is 7. The van der Waals surface area contributed by atoms with Gasteiger partial charge in [-0.1, -0.05) is 37.6 Å². The molecule has 3 aliphatic heterocycles. The van der Waals surface area contributed by atoms with Gasteiger partial charge in [-0.2, -0.15) is 0 Å². The summed E-state index contributed by atoms with van der Waals surface area (Å²) >= 11 is 2.29. The Morgan fingerprint density at radius 1 is 1.24 bits per heavy atom. The third-order valence-corrected chi connectivity index (χ3v) is 9.14. The van der Waals surface area contributed by atoms with Crippen molar-refractivity contribution in [2.45, 2.75) is 44.4 Å². The zero-order valence-electron chi connectivity index (χ0n) is 21.4. The molecule has 2 saturated heterocycles. The van der Waals surface area contributed by atoms with E-state index in [0.29, 0.717) is 30.8 Å². The van der Waals surface area contributed by atoms with Gasteiger partial charge in [0.15, 0.2) is 0 Å². The summed E-state index contributed by atoms with van der Waals surface area (Å²) in [5, 5.41) is 11.9. The fraction of sp³-hybridized carbons (Fsp3) is 0.448. The average Bonchev–Trinajstić information content (AvgIpc) is 3.24. The molecule has 0 saturated carbocycles. The van der Waals surface area contributed by atoms with Gasteiger partial charge in [-0.15, -0.1) is 0 Å². The summed E-state index contributed by atoms with van der Waals surface area (Å²) in [7, 11) is 3.04. The van der Waals surface area contributed by atoms with Crippen molar-refractivity contribution >= 4 is 40.0 Å². The van der Waals surface area contributed by atoms with Gasteiger partial charge in [0, 0.05) is 22.2 Å². The van der Waals surface area contributed by atoms with Crippen LogP contribution in [0.5, 0.6) is 5.75 Å². The lowest BCUT2D eigenvalue weighted by Gasteiger charge is -2.50. The predicted molar refractivity (Wildman–Crippen MR) is 150 cm³/mol. The minimum absolute atomic E-state index is 0.0794. The van der Waals surface area contributed by atoms with Crippen molar-refractivity contribution in [3.63, 3.8) is 0 Å². The Hall–Kier alpha value is -2.43. The van der Waals surface area contributed by atoms with Crippen LogP contribution in [0.2, 0.25) is 0 Å². The first-order valence-corrected chi connectivity index (χ1v) is 13.9. The van der Waals surface area contributed by atoms with Crippen molar-refractivity contribution < 1.29 is 24.1 Å². The molecule has 4 atom stereocenters. The summed E-state index contributed by atoms with van der Waals surface area (Å²) in [6.45, 7) is 4.11. The number of methoxy groups -OCH3 is 2. The second-order valence-corrected chi connectivity index (χ2v) is 11.1. The number of carbonyl (C=O) groups is 1. The maximum absolute atomic E-state index is 13.0. The van der Waals surface area contributed by atoms with Gasteiger partial charge in [0.1, 0.15) is 18.0 Å². The monoisotopic (exact) mass is 616 g/mol. The maximum Gasteiger partial charge on any atom is 0.337 e. The van der Waals surface area contributed by atoms with E-state index < -0.39 is 5.60 Å². The minimum Gasteiger partial charge on any atom is -0.496 e. The van der Waals surface area contributed by atoms with Crippen LogP contribution >= 0.6 is 22.6 Å². The van der Waals surface area contributed by atoms with Gasteiger partial charge in [0.25, 0.3) is 0 Å². The number of rotatable bonds is 7. The van der Waals surface area contributed by atoms with E-state index in [4.69, 9.17) is 19.2 Å². The Balaban J connectivity index is 1.45. The third kappa shape index (κ3) is 4.68. The summed E-state index contributed by atoms with van der Waals surface area (Å²) in [6, 6.07) is 13.6. The highest BCUT2D eigenvalue weighted by molar-refractivity contribution is 14.1. The van der Waals surface area contributed by atoms with Crippen LogP contribution in [0.15, 0.2) is 59.3 Å². The summed E-state index contributed by atoms with van der Waals surface area (Å²) in [6.07, 6.45) is 3.74. The summed E-state index contributed by atoms with van der Waals surface area (Å²) in [5.41, 5.74) is 2.71. The maximum atomic E-state index is 13.0. The van der Waals surface area contributed by atoms with Crippen LogP contribution in [-0.2, 0) is 26.5 Å². The summed E-state index contributed by atoms with van der Waals surface area (Å²) in [4.78, 5) is 20.4. The summed E-state index contributed by atoms with van der Waals surface area (Å²) < 4.78 is 17.9. The highest BCUT2D eigenvalue weighted by Crippen LogP contribution is 2.51. The van der Waals surface area contributed by atoms with Gasteiger partial charge in [-0.05, 0) is 65.5 Å². The van der Waals surface area contributed by atoms with E-state index in [0.717, 1.165) is 45.6 Å². The number of benzene rings is 2. The SMILES string of the molecule is CC[C@@H]1CN2CC[C@@]3(O)C(=Nc4cccc(OC)c43)[C@@H]2C[C@@H]1/C(=C\OCc1ccccc1I)C(=O)OC. The molecular weight excluding hydrogens is 583 g/mol. The quantitative estimate of drug-likeness (QED) is 0.205. The van der Waals surface area contributed by atoms with Crippen LogP contribution in [0.25, 0.3) is 0 Å². The fourth-order valence-corrected chi connectivity index (χ4v) is 6.71. The zero-order valence-corrected chi connectivity index (χ0v) is 23.6. The Kier molecular flexibility index (Phi) is 7.60. The Labute approximate surface area is 231 Å². The van der Waals surface area contributed by atoms with E-state index in [1.165, 1.54) is 7.11 Å². The van der Waals surface area contributed by atoms with Crippen LogP contribution in [0, 0.1) is 15.4 Å². The Morgan fingerprint density at radius 2 is 2.05 bits per heavy atom. The van der Waals surface area contributed by atoms with Gasteiger partial charge in [-0.25, -0.2) is 4.79 Å². The molecule has 1 N–H and O–H groups in total. The average molecular weight is 616 g/mol. The van der Waals surface area contributed by atoms with Crippen molar-refractivity contribution in [1.82, 2.24) is 4.90 Å². The molecule has 196 valence electrons. The smallest absolute Gasteiger partial charge is 0.337 e. The number of hydrogen-bond donors (Lipinski definition) is 1. The highest BCUT2D eigenvalue weighted by atomic mass is 127. The molecule has 37 heavy (non-hydrogen) atoms. The molecule has 7 nitrogen and oxygen atoms in total. The minimum atomic E-state index is -1.16. The van der Waals surface area contributed by atoms with E-state index in [9.17, 15) is 9.90 Å². The molecule has 5 rings (SSSR count).